The van der Waals surface area contributed by atoms with Crippen LogP contribution in [0.25, 0.3) is 0 Å². The van der Waals surface area contributed by atoms with Crippen LogP contribution in [0.15, 0.2) is 29.9 Å². The number of hydrogen-bond donors (Lipinski definition) is 1. The molecule has 2 aromatic rings. The van der Waals surface area contributed by atoms with Crippen LogP contribution in [0.1, 0.15) is 16.5 Å². The van der Waals surface area contributed by atoms with E-state index in [1.165, 1.54) is 11.3 Å². The molecule has 2 heterocycles. The second-order valence-corrected chi connectivity index (χ2v) is 4.64. The van der Waals surface area contributed by atoms with E-state index in [1.54, 1.807) is 10.9 Å². The summed E-state index contributed by atoms with van der Waals surface area (Å²) >= 11 is 1.51. The van der Waals surface area contributed by atoms with Gasteiger partial charge in [-0.3, -0.25) is 9.48 Å². The van der Waals surface area contributed by atoms with E-state index in [2.05, 4.69) is 5.10 Å². The summed E-state index contributed by atoms with van der Waals surface area (Å²) in [5.41, 5.74) is 6.77. The monoisotopic (exact) mass is 235 g/mol. The lowest BCUT2D eigenvalue weighted by molar-refractivity contribution is -0.119. The summed E-state index contributed by atoms with van der Waals surface area (Å²) in [5, 5.41) is 5.94. The molecule has 4 nitrogen and oxygen atoms in total. The van der Waals surface area contributed by atoms with Gasteiger partial charge in [0.25, 0.3) is 0 Å². The number of Topliss-reactive ketones (excluding diaryl/α,β-unsaturated/α-hetero) is 1. The van der Waals surface area contributed by atoms with E-state index in [0.29, 0.717) is 6.42 Å². The molecule has 1 atom stereocenters. The molecule has 5 heteroatoms. The van der Waals surface area contributed by atoms with Crippen LogP contribution in [-0.2, 0) is 18.3 Å². The molecule has 1 unspecified atom stereocenters. The smallest absolute Gasteiger partial charge is 0.159 e. The Morgan fingerprint density at radius 1 is 1.69 bits per heavy atom. The molecular weight excluding hydrogens is 222 g/mol. The van der Waals surface area contributed by atoms with Crippen molar-refractivity contribution in [2.24, 2.45) is 12.8 Å². The summed E-state index contributed by atoms with van der Waals surface area (Å²) in [4.78, 5) is 12.8. The molecule has 0 fully saturated rings. The van der Waals surface area contributed by atoms with Gasteiger partial charge >= 0.3 is 0 Å². The van der Waals surface area contributed by atoms with Gasteiger partial charge in [0.15, 0.2) is 5.78 Å². The lowest BCUT2D eigenvalue weighted by Crippen LogP contribution is -2.21. The first-order valence-corrected chi connectivity index (χ1v) is 5.84. The van der Waals surface area contributed by atoms with E-state index in [-0.39, 0.29) is 5.78 Å². The fraction of sp³-hybridized carbons (Fsp3) is 0.273. The molecule has 0 aliphatic rings. The molecule has 0 aliphatic carbocycles. The Morgan fingerprint density at radius 3 is 3.06 bits per heavy atom. The zero-order valence-electron chi connectivity index (χ0n) is 8.96. The second-order valence-electron chi connectivity index (χ2n) is 3.66. The summed E-state index contributed by atoms with van der Waals surface area (Å²) in [5.74, 6) is 0.0236. The highest BCUT2D eigenvalue weighted by Crippen LogP contribution is 2.18. The van der Waals surface area contributed by atoms with Crippen molar-refractivity contribution >= 4 is 17.1 Å². The van der Waals surface area contributed by atoms with Crippen LogP contribution in [0, 0.1) is 0 Å². The fourth-order valence-corrected chi connectivity index (χ4v) is 2.25. The van der Waals surface area contributed by atoms with Gasteiger partial charge in [-0.2, -0.15) is 5.10 Å². The van der Waals surface area contributed by atoms with Gasteiger partial charge in [0.05, 0.1) is 12.2 Å². The first-order chi connectivity index (χ1) is 7.66. The van der Waals surface area contributed by atoms with Gasteiger partial charge in [-0.05, 0) is 17.0 Å². The predicted molar refractivity (Wildman–Crippen MR) is 63.2 cm³/mol. The average molecular weight is 235 g/mol. The Labute approximate surface area is 97.7 Å². The maximum absolute atomic E-state index is 11.9. The molecule has 0 spiro atoms. The van der Waals surface area contributed by atoms with Crippen LogP contribution >= 0.6 is 11.3 Å². The first-order valence-electron chi connectivity index (χ1n) is 4.96. The van der Waals surface area contributed by atoms with Gasteiger partial charge in [0, 0.05) is 24.5 Å². The summed E-state index contributed by atoms with van der Waals surface area (Å²) in [6, 6.07) is 3.27. The molecule has 84 valence electrons. The van der Waals surface area contributed by atoms with E-state index >= 15 is 0 Å². The Kier molecular flexibility index (Phi) is 3.17. The zero-order chi connectivity index (χ0) is 11.5. The molecule has 0 saturated carbocycles. The van der Waals surface area contributed by atoms with Gasteiger partial charge in [0.1, 0.15) is 0 Å². The molecule has 2 N–H and O–H groups in total. The maximum Gasteiger partial charge on any atom is 0.159 e. The third-order valence-corrected chi connectivity index (χ3v) is 3.29. The zero-order valence-corrected chi connectivity index (χ0v) is 9.78. The standard InChI is InChI=1S/C11H13N3OS/c1-14-7-8(6-13-14)5-9(15)11(12)10-3-2-4-16-10/h2-4,6-7,11H,5,12H2,1H3. The van der Waals surface area contributed by atoms with Crippen molar-refractivity contribution in [1.29, 1.82) is 0 Å². The van der Waals surface area contributed by atoms with E-state index in [9.17, 15) is 4.79 Å². The number of nitrogens with zero attached hydrogens (tertiary/aromatic N) is 2. The molecule has 0 amide bonds. The number of carbonyl (C=O) groups is 1. The predicted octanol–water partition coefficient (Wildman–Crippen LogP) is 1.29. The average Bonchev–Trinajstić information content (AvgIpc) is 2.88. The van der Waals surface area contributed by atoms with E-state index in [4.69, 9.17) is 5.73 Å². The number of nitrogens with two attached hydrogens (primary N) is 1. The van der Waals surface area contributed by atoms with Crippen LogP contribution in [-0.4, -0.2) is 15.6 Å². The third-order valence-electron chi connectivity index (χ3n) is 2.33. The Bertz CT molecular complexity index is 475. The number of rotatable bonds is 4. The Morgan fingerprint density at radius 2 is 2.50 bits per heavy atom. The van der Waals surface area contributed by atoms with Crippen molar-refractivity contribution in [3.8, 4) is 0 Å². The molecule has 2 aromatic heterocycles. The molecule has 0 radical (unpaired) electrons. The second kappa shape index (κ2) is 4.59. The van der Waals surface area contributed by atoms with Gasteiger partial charge in [-0.15, -0.1) is 11.3 Å². The third kappa shape index (κ3) is 2.37. The largest absolute Gasteiger partial charge is 0.317 e. The van der Waals surface area contributed by atoms with Crippen LogP contribution in [0.4, 0.5) is 0 Å². The number of carbonyl (C=O) groups excluding carboxylic acids is 1. The van der Waals surface area contributed by atoms with Crippen molar-refractivity contribution in [3.05, 3.63) is 40.3 Å². The van der Waals surface area contributed by atoms with Crippen molar-refractivity contribution in [3.63, 3.8) is 0 Å². The summed E-state index contributed by atoms with van der Waals surface area (Å²) < 4.78 is 1.68. The van der Waals surface area contributed by atoms with Crippen LogP contribution in [0.5, 0.6) is 0 Å². The normalized spacial score (nSPS) is 12.6. The number of thiophene rings is 1. The molecule has 0 bridgehead atoms. The van der Waals surface area contributed by atoms with Gasteiger partial charge in [-0.25, -0.2) is 0 Å². The summed E-state index contributed by atoms with van der Waals surface area (Å²) in [7, 11) is 1.83. The minimum Gasteiger partial charge on any atom is -0.317 e. The Balaban J connectivity index is 2.03. The highest BCUT2D eigenvalue weighted by atomic mass is 32.1. The lowest BCUT2D eigenvalue weighted by Gasteiger charge is -2.06. The number of aryl methyl sites for hydroxylation is 1. The number of hydrogen-bond acceptors (Lipinski definition) is 4. The SMILES string of the molecule is Cn1cc(CC(=O)C(N)c2cccs2)cn1. The minimum absolute atomic E-state index is 0.0236. The number of ketones is 1. The van der Waals surface area contributed by atoms with Crippen LogP contribution in [0.2, 0.25) is 0 Å². The van der Waals surface area contributed by atoms with E-state index in [0.717, 1.165) is 10.4 Å². The molecule has 2 rings (SSSR count). The van der Waals surface area contributed by atoms with Gasteiger partial charge < -0.3 is 5.73 Å². The Hall–Kier alpha value is -1.46. The molecule has 0 aromatic carbocycles. The molecule has 0 aliphatic heterocycles. The van der Waals surface area contributed by atoms with E-state index < -0.39 is 6.04 Å². The van der Waals surface area contributed by atoms with Crippen molar-refractivity contribution in [2.45, 2.75) is 12.5 Å². The topological polar surface area (TPSA) is 60.9 Å². The number of aromatic nitrogens is 2. The summed E-state index contributed by atoms with van der Waals surface area (Å²) in [6.07, 6.45) is 3.87. The molecule has 16 heavy (non-hydrogen) atoms. The van der Waals surface area contributed by atoms with Gasteiger partial charge in [-0.1, -0.05) is 6.07 Å². The van der Waals surface area contributed by atoms with Gasteiger partial charge in [0.2, 0.25) is 0 Å². The van der Waals surface area contributed by atoms with Crippen molar-refractivity contribution < 1.29 is 4.79 Å². The summed E-state index contributed by atoms with van der Waals surface area (Å²) in [6.45, 7) is 0. The van der Waals surface area contributed by atoms with Crippen molar-refractivity contribution in [2.75, 3.05) is 0 Å². The highest BCUT2D eigenvalue weighted by molar-refractivity contribution is 7.10. The fourth-order valence-electron chi connectivity index (χ4n) is 1.50. The van der Waals surface area contributed by atoms with E-state index in [1.807, 2.05) is 30.8 Å². The molecular formula is C11H13N3OS. The van der Waals surface area contributed by atoms with Crippen LogP contribution < -0.4 is 5.73 Å². The quantitative estimate of drug-likeness (QED) is 0.868. The van der Waals surface area contributed by atoms with Crippen molar-refractivity contribution in [1.82, 2.24) is 9.78 Å². The molecule has 0 saturated heterocycles. The maximum atomic E-state index is 11.9. The lowest BCUT2D eigenvalue weighted by atomic mass is 10.1. The first kappa shape index (κ1) is 11.0. The highest BCUT2D eigenvalue weighted by Gasteiger charge is 2.17. The minimum atomic E-state index is -0.514. The van der Waals surface area contributed by atoms with Crippen LogP contribution in [0.3, 0.4) is 0 Å².